The lowest BCUT2D eigenvalue weighted by Crippen LogP contribution is -2.36. The zero-order chi connectivity index (χ0) is 20.1. The second-order valence-electron chi connectivity index (χ2n) is 6.24. The summed E-state index contributed by atoms with van der Waals surface area (Å²) < 4.78 is 13.1. The van der Waals surface area contributed by atoms with E-state index in [0.29, 0.717) is 44.0 Å². The highest BCUT2D eigenvalue weighted by Gasteiger charge is 2.17. The minimum absolute atomic E-state index is 0.0130. The van der Waals surface area contributed by atoms with E-state index in [1.165, 1.54) is 15.0 Å². The van der Waals surface area contributed by atoms with Gasteiger partial charge in [0.25, 0.3) is 11.5 Å². The lowest BCUT2D eigenvalue weighted by Gasteiger charge is -2.14. The SMILES string of the molecule is COCCCNC(=O)c1cc2c(=O)n3ccccc3nc2n(CCOC)c1=N. The maximum atomic E-state index is 13.0. The number of carbonyl (C=O) groups is 1. The van der Waals surface area contributed by atoms with Crippen molar-refractivity contribution in [2.45, 2.75) is 13.0 Å². The van der Waals surface area contributed by atoms with Crippen LogP contribution in [0.1, 0.15) is 16.8 Å². The summed E-state index contributed by atoms with van der Waals surface area (Å²) in [4.78, 5) is 30.1. The molecule has 0 bridgehead atoms. The van der Waals surface area contributed by atoms with Crippen molar-refractivity contribution in [3.8, 4) is 0 Å². The monoisotopic (exact) mass is 385 g/mol. The van der Waals surface area contributed by atoms with Crippen LogP contribution in [0.25, 0.3) is 16.7 Å². The van der Waals surface area contributed by atoms with E-state index in [2.05, 4.69) is 10.3 Å². The molecule has 0 aromatic carbocycles. The van der Waals surface area contributed by atoms with Gasteiger partial charge in [0.15, 0.2) is 0 Å². The van der Waals surface area contributed by atoms with Crippen LogP contribution < -0.4 is 16.4 Å². The van der Waals surface area contributed by atoms with Gasteiger partial charge in [-0.1, -0.05) is 6.07 Å². The summed E-state index contributed by atoms with van der Waals surface area (Å²) in [5, 5.41) is 11.5. The number of nitrogens with zero attached hydrogens (tertiary/aromatic N) is 3. The Labute approximate surface area is 161 Å². The molecule has 1 amide bonds. The summed E-state index contributed by atoms with van der Waals surface area (Å²) in [5.41, 5.74) is 0.647. The van der Waals surface area contributed by atoms with E-state index in [-0.39, 0.29) is 22.0 Å². The van der Waals surface area contributed by atoms with Crippen molar-refractivity contribution in [1.82, 2.24) is 19.3 Å². The summed E-state index contributed by atoms with van der Waals surface area (Å²) in [7, 11) is 3.15. The molecule has 9 heteroatoms. The number of rotatable bonds is 8. The number of hydrogen-bond donors (Lipinski definition) is 2. The third-order valence-electron chi connectivity index (χ3n) is 4.39. The highest BCUT2D eigenvalue weighted by Crippen LogP contribution is 2.10. The molecule has 0 aliphatic heterocycles. The summed E-state index contributed by atoms with van der Waals surface area (Å²) in [6.45, 7) is 1.56. The molecule has 0 saturated carbocycles. The second kappa shape index (κ2) is 8.77. The summed E-state index contributed by atoms with van der Waals surface area (Å²) in [5.74, 6) is -0.410. The normalized spacial score (nSPS) is 11.2. The molecule has 0 unspecified atom stereocenters. The minimum atomic E-state index is -0.410. The van der Waals surface area contributed by atoms with Gasteiger partial charge in [-0.15, -0.1) is 0 Å². The Bertz CT molecular complexity index is 1120. The van der Waals surface area contributed by atoms with Crippen LogP contribution in [0.5, 0.6) is 0 Å². The standard InChI is InChI=1S/C19H23N5O4/c1-27-10-5-7-21-18(25)13-12-14-17(24(16(13)20)9-11-28-2)22-15-6-3-4-8-23(15)19(14)26/h3-4,6,8,12,20H,5,7,9-11H2,1-2H3,(H,21,25). The van der Waals surface area contributed by atoms with Gasteiger partial charge in [0.1, 0.15) is 16.8 Å². The predicted molar refractivity (Wildman–Crippen MR) is 104 cm³/mol. The highest BCUT2D eigenvalue weighted by atomic mass is 16.5. The van der Waals surface area contributed by atoms with Crippen LogP contribution in [0.3, 0.4) is 0 Å². The Hall–Kier alpha value is -3.04. The first-order valence-corrected chi connectivity index (χ1v) is 8.94. The number of ether oxygens (including phenoxy) is 2. The fraction of sp³-hybridized carbons (Fsp3) is 0.368. The third-order valence-corrected chi connectivity index (χ3v) is 4.39. The summed E-state index contributed by atoms with van der Waals surface area (Å²) in [6.07, 6.45) is 2.28. The van der Waals surface area contributed by atoms with Gasteiger partial charge in [-0.25, -0.2) is 4.98 Å². The number of carbonyl (C=O) groups excluding carboxylic acids is 1. The molecule has 3 aromatic heterocycles. The molecule has 3 rings (SSSR count). The Morgan fingerprint density at radius 1 is 1.25 bits per heavy atom. The van der Waals surface area contributed by atoms with Crippen molar-refractivity contribution in [3.05, 3.63) is 51.9 Å². The molecule has 0 aliphatic rings. The molecule has 0 saturated heterocycles. The van der Waals surface area contributed by atoms with E-state index in [4.69, 9.17) is 14.9 Å². The number of amides is 1. The number of nitrogens with one attached hydrogen (secondary N) is 2. The molecule has 3 aromatic rings. The van der Waals surface area contributed by atoms with Crippen LogP contribution in [0.15, 0.2) is 35.3 Å². The van der Waals surface area contributed by atoms with Gasteiger partial charge in [-0.2, -0.15) is 0 Å². The molecule has 0 radical (unpaired) electrons. The lowest BCUT2D eigenvalue weighted by atomic mass is 10.2. The first-order chi connectivity index (χ1) is 13.6. The number of pyridine rings is 2. The third kappa shape index (κ3) is 3.80. The molecule has 2 N–H and O–H groups in total. The van der Waals surface area contributed by atoms with Crippen molar-refractivity contribution < 1.29 is 14.3 Å². The topological polar surface area (TPSA) is 111 Å². The van der Waals surface area contributed by atoms with Gasteiger partial charge in [0.05, 0.1) is 17.6 Å². The molecule has 28 heavy (non-hydrogen) atoms. The zero-order valence-electron chi connectivity index (χ0n) is 15.9. The average Bonchev–Trinajstić information content (AvgIpc) is 2.70. The lowest BCUT2D eigenvalue weighted by molar-refractivity contribution is 0.0945. The summed E-state index contributed by atoms with van der Waals surface area (Å²) >= 11 is 0. The largest absolute Gasteiger partial charge is 0.385 e. The average molecular weight is 385 g/mol. The maximum absolute atomic E-state index is 13.0. The van der Waals surface area contributed by atoms with Crippen molar-refractivity contribution in [1.29, 1.82) is 5.41 Å². The van der Waals surface area contributed by atoms with Gasteiger partial charge < -0.3 is 19.4 Å². The second-order valence-corrected chi connectivity index (χ2v) is 6.24. The van der Waals surface area contributed by atoms with Crippen molar-refractivity contribution in [2.24, 2.45) is 0 Å². The van der Waals surface area contributed by atoms with Crippen molar-refractivity contribution in [3.63, 3.8) is 0 Å². The predicted octanol–water partition coefficient (Wildman–Crippen LogP) is 0.541. The van der Waals surface area contributed by atoms with Gasteiger partial charge >= 0.3 is 0 Å². The fourth-order valence-electron chi connectivity index (χ4n) is 2.97. The van der Waals surface area contributed by atoms with E-state index in [0.717, 1.165) is 0 Å². The number of fused-ring (bicyclic) bond motifs is 2. The Morgan fingerprint density at radius 3 is 2.79 bits per heavy atom. The Kier molecular flexibility index (Phi) is 6.17. The molecule has 0 fully saturated rings. The van der Waals surface area contributed by atoms with E-state index >= 15 is 0 Å². The molecule has 0 atom stereocenters. The van der Waals surface area contributed by atoms with E-state index < -0.39 is 5.91 Å². The Morgan fingerprint density at radius 2 is 2.04 bits per heavy atom. The molecule has 148 valence electrons. The van der Waals surface area contributed by atoms with Crippen LogP contribution in [-0.2, 0) is 16.0 Å². The number of methoxy groups -OCH3 is 2. The van der Waals surface area contributed by atoms with Gasteiger partial charge in [-0.05, 0) is 24.6 Å². The van der Waals surface area contributed by atoms with Crippen LogP contribution in [-0.4, -0.2) is 53.8 Å². The van der Waals surface area contributed by atoms with Crippen LogP contribution in [0.4, 0.5) is 0 Å². The number of aromatic nitrogens is 3. The first-order valence-electron chi connectivity index (χ1n) is 8.94. The molecule has 3 heterocycles. The van der Waals surface area contributed by atoms with Gasteiger partial charge in [0.2, 0.25) is 0 Å². The zero-order valence-corrected chi connectivity index (χ0v) is 15.9. The smallest absolute Gasteiger partial charge is 0.267 e. The van der Waals surface area contributed by atoms with E-state index in [1.807, 2.05) is 0 Å². The number of hydrogen-bond acceptors (Lipinski definition) is 6. The molecule has 0 aliphatic carbocycles. The quantitative estimate of drug-likeness (QED) is 0.434. The minimum Gasteiger partial charge on any atom is -0.385 e. The van der Waals surface area contributed by atoms with Gasteiger partial charge in [-0.3, -0.25) is 19.4 Å². The van der Waals surface area contributed by atoms with Crippen LogP contribution >= 0.6 is 0 Å². The van der Waals surface area contributed by atoms with Crippen LogP contribution in [0, 0.1) is 5.41 Å². The molecule has 0 spiro atoms. The molecule has 9 nitrogen and oxygen atoms in total. The highest BCUT2D eigenvalue weighted by molar-refractivity contribution is 5.96. The van der Waals surface area contributed by atoms with Gasteiger partial charge in [0, 0.05) is 40.1 Å². The van der Waals surface area contributed by atoms with E-state index in [9.17, 15) is 9.59 Å². The fourth-order valence-corrected chi connectivity index (χ4v) is 2.97. The van der Waals surface area contributed by atoms with Crippen LogP contribution in [0.2, 0.25) is 0 Å². The Balaban J connectivity index is 2.17. The first kappa shape index (κ1) is 19.7. The van der Waals surface area contributed by atoms with Crippen molar-refractivity contribution in [2.75, 3.05) is 34.0 Å². The van der Waals surface area contributed by atoms with Crippen molar-refractivity contribution >= 4 is 22.6 Å². The maximum Gasteiger partial charge on any atom is 0.267 e. The summed E-state index contributed by atoms with van der Waals surface area (Å²) in [6, 6.07) is 6.70. The molecular formula is C19H23N5O4. The van der Waals surface area contributed by atoms with E-state index in [1.54, 1.807) is 38.6 Å². The molecular weight excluding hydrogens is 362 g/mol.